The number of hydrogen-bond acceptors (Lipinski definition) is 4. The highest BCUT2D eigenvalue weighted by molar-refractivity contribution is 5.81. The van der Waals surface area contributed by atoms with Crippen molar-refractivity contribution in [1.82, 2.24) is 9.55 Å². The van der Waals surface area contributed by atoms with Gasteiger partial charge in [0.15, 0.2) is 0 Å². The minimum absolute atomic E-state index is 0.110. The van der Waals surface area contributed by atoms with E-state index in [2.05, 4.69) is 9.98 Å². The Hall–Kier alpha value is -1.78. The number of nitrogens with zero attached hydrogens (tertiary/aromatic N) is 3. The summed E-state index contributed by atoms with van der Waals surface area (Å²) in [6, 6.07) is 1.58. The largest absolute Gasteiger partial charge is 0.354 e. The molecule has 0 aromatic carbocycles. The molecule has 0 aliphatic heterocycles. The molecule has 0 saturated carbocycles. The fourth-order valence-corrected chi connectivity index (χ4v) is 0.946. The standard InChI is InChI=1S/C8H10N4O/c1-3-10-7-4-5-11-8(13)12(7)6(2)9/h3-5,9H,1-2H3. The maximum Gasteiger partial charge on any atom is 0.354 e. The molecule has 5 nitrogen and oxygen atoms in total. The molecule has 1 aromatic heterocycles. The predicted octanol–water partition coefficient (Wildman–Crippen LogP) is 0.811. The predicted molar refractivity (Wildman–Crippen MR) is 51.1 cm³/mol. The van der Waals surface area contributed by atoms with Crippen LogP contribution in [0.25, 0.3) is 0 Å². The van der Waals surface area contributed by atoms with Gasteiger partial charge in [0, 0.05) is 12.4 Å². The molecule has 0 unspecified atom stereocenters. The van der Waals surface area contributed by atoms with E-state index in [4.69, 9.17) is 5.41 Å². The van der Waals surface area contributed by atoms with E-state index in [0.717, 1.165) is 4.57 Å². The second-order valence-electron chi connectivity index (χ2n) is 2.39. The van der Waals surface area contributed by atoms with Crippen molar-refractivity contribution in [2.75, 3.05) is 0 Å². The van der Waals surface area contributed by atoms with E-state index in [1.165, 1.54) is 13.1 Å². The average Bonchev–Trinajstić information content (AvgIpc) is 2.04. The maximum atomic E-state index is 11.2. The monoisotopic (exact) mass is 178 g/mol. The first kappa shape index (κ1) is 9.31. The van der Waals surface area contributed by atoms with Gasteiger partial charge in [0.05, 0.1) is 0 Å². The zero-order valence-electron chi connectivity index (χ0n) is 7.48. The van der Waals surface area contributed by atoms with Crippen molar-refractivity contribution >= 4 is 17.9 Å². The van der Waals surface area contributed by atoms with E-state index in [-0.39, 0.29) is 5.84 Å². The van der Waals surface area contributed by atoms with Crippen molar-refractivity contribution in [2.45, 2.75) is 13.8 Å². The van der Waals surface area contributed by atoms with E-state index in [9.17, 15) is 4.79 Å². The summed E-state index contributed by atoms with van der Waals surface area (Å²) in [5.74, 6) is 0.536. The van der Waals surface area contributed by atoms with Gasteiger partial charge in [0.1, 0.15) is 11.7 Å². The summed E-state index contributed by atoms with van der Waals surface area (Å²) in [6.45, 7) is 3.26. The van der Waals surface area contributed by atoms with Crippen molar-refractivity contribution < 1.29 is 0 Å². The summed E-state index contributed by atoms with van der Waals surface area (Å²) in [7, 11) is 0. The minimum Gasteiger partial charge on any atom is -0.288 e. The molecule has 1 rings (SSSR count). The molecule has 0 aliphatic rings. The smallest absolute Gasteiger partial charge is 0.288 e. The third-order valence-corrected chi connectivity index (χ3v) is 1.43. The second kappa shape index (κ2) is 3.75. The number of rotatable bonds is 1. The molecular formula is C8H10N4O. The molecule has 0 fully saturated rings. The molecule has 0 spiro atoms. The van der Waals surface area contributed by atoms with Crippen LogP contribution in [0, 0.1) is 5.41 Å². The zero-order chi connectivity index (χ0) is 9.84. The van der Waals surface area contributed by atoms with Crippen molar-refractivity contribution in [3.8, 4) is 0 Å². The molecule has 68 valence electrons. The lowest BCUT2D eigenvalue weighted by Crippen LogP contribution is -2.26. The van der Waals surface area contributed by atoms with Gasteiger partial charge in [-0.1, -0.05) is 0 Å². The SMILES string of the molecule is CC=Nc1ccnc(=O)n1C(C)=N. The normalized spacial score (nSPS) is 10.6. The number of nitrogens with one attached hydrogen (secondary N) is 1. The molecule has 0 radical (unpaired) electrons. The van der Waals surface area contributed by atoms with E-state index in [1.807, 2.05) is 0 Å². The van der Waals surface area contributed by atoms with Crippen LogP contribution in [0.2, 0.25) is 0 Å². The van der Waals surface area contributed by atoms with E-state index >= 15 is 0 Å². The first-order valence-corrected chi connectivity index (χ1v) is 3.79. The highest BCUT2D eigenvalue weighted by atomic mass is 16.1. The molecule has 13 heavy (non-hydrogen) atoms. The first-order chi connectivity index (χ1) is 6.16. The average molecular weight is 178 g/mol. The van der Waals surface area contributed by atoms with Gasteiger partial charge in [0.2, 0.25) is 0 Å². The molecule has 1 aromatic rings. The molecule has 0 amide bonds. The molecule has 1 heterocycles. The Morgan fingerprint density at radius 1 is 1.77 bits per heavy atom. The summed E-state index contributed by atoms with van der Waals surface area (Å²) in [4.78, 5) is 18.7. The summed E-state index contributed by atoms with van der Waals surface area (Å²) in [5.41, 5.74) is -0.476. The molecule has 5 heteroatoms. The van der Waals surface area contributed by atoms with E-state index in [1.54, 1.807) is 19.2 Å². The fourth-order valence-electron chi connectivity index (χ4n) is 0.946. The molecule has 1 N–H and O–H groups in total. The van der Waals surface area contributed by atoms with Crippen molar-refractivity contribution in [2.24, 2.45) is 4.99 Å². The van der Waals surface area contributed by atoms with Crippen LogP contribution < -0.4 is 5.69 Å². The van der Waals surface area contributed by atoms with Crippen LogP contribution >= 0.6 is 0 Å². The Bertz CT molecular complexity index is 405. The molecule has 0 atom stereocenters. The molecule has 0 aliphatic carbocycles. The Morgan fingerprint density at radius 2 is 2.46 bits per heavy atom. The third kappa shape index (κ3) is 1.87. The highest BCUT2D eigenvalue weighted by Gasteiger charge is 2.03. The van der Waals surface area contributed by atoms with Gasteiger partial charge in [-0.15, -0.1) is 0 Å². The topological polar surface area (TPSA) is 71.1 Å². The van der Waals surface area contributed by atoms with Crippen LogP contribution in [0.15, 0.2) is 22.1 Å². The van der Waals surface area contributed by atoms with Crippen LogP contribution in [0.4, 0.5) is 5.82 Å². The summed E-state index contributed by atoms with van der Waals surface area (Å²) in [6.07, 6.45) is 2.94. The number of aromatic nitrogens is 2. The lowest BCUT2D eigenvalue weighted by atomic mass is 10.5. The first-order valence-electron chi connectivity index (χ1n) is 3.79. The number of aliphatic imine (C=N–C) groups is 1. The summed E-state index contributed by atoms with van der Waals surface area (Å²) in [5, 5.41) is 7.34. The van der Waals surface area contributed by atoms with Gasteiger partial charge in [0.25, 0.3) is 0 Å². The van der Waals surface area contributed by atoms with Crippen molar-refractivity contribution in [3.05, 3.63) is 22.7 Å². The van der Waals surface area contributed by atoms with Gasteiger partial charge < -0.3 is 0 Å². The molecule has 0 bridgehead atoms. The van der Waals surface area contributed by atoms with Crippen LogP contribution in [0.1, 0.15) is 13.8 Å². The van der Waals surface area contributed by atoms with E-state index < -0.39 is 5.69 Å². The van der Waals surface area contributed by atoms with Crippen LogP contribution in [0.5, 0.6) is 0 Å². The van der Waals surface area contributed by atoms with Crippen LogP contribution in [0.3, 0.4) is 0 Å². The van der Waals surface area contributed by atoms with Crippen LogP contribution in [-0.4, -0.2) is 21.6 Å². The lowest BCUT2D eigenvalue weighted by Gasteiger charge is -2.04. The summed E-state index contributed by atoms with van der Waals surface area (Å²) >= 11 is 0. The van der Waals surface area contributed by atoms with Gasteiger partial charge in [-0.3, -0.25) is 5.41 Å². The molecular weight excluding hydrogens is 168 g/mol. The Balaban J connectivity index is 3.43. The highest BCUT2D eigenvalue weighted by Crippen LogP contribution is 2.05. The Labute approximate surface area is 75.3 Å². The van der Waals surface area contributed by atoms with Crippen LogP contribution in [-0.2, 0) is 0 Å². The van der Waals surface area contributed by atoms with Gasteiger partial charge >= 0.3 is 5.69 Å². The Kier molecular flexibility index (Phi) is 2.69. The van der Waals surface area contributed by atoms with Gasteiger partial charge in [-0.2, -0.15) is 0 Å². The quantitative estimate of drug-likeness (QED) is 0.510. The van der Waals surface area contributed by atoms with Gasteiger partial charge in [-0.05, 0) is 19.9 Å². The van der Waals surface area contributed by atoms with Gasteiger partial charge in [-0.25, -0.2) is 19.3 Å². The fraction of sp³-hybridized carbons (Fsp3) is 0.250. The van der Waals surface area contributed by atoms with Crippen molar-refractivity contribution in [3.63, 3.8) is 0 Å². The second-order valence-corrected chi connectivity index (χ2v) is 2.39. The maximum absolute atomic E-state index is 11.2. The molecule has 0 saturated heterocycles. The zero-order valence-corrected chi connectivity index (χ0v) is 7.48. The van der Waals surface area contributed by atoms with Crippen molar-refractivity contribution in [1.29, 1.82) is 5.41 Å². The summed E-state index contributed by atoms with van der Waals surface area (Å²) < 4.78 is 1.14. The third-order valence-electron chi connectivity index (χ3n) is 1.43. The van der Waals surface area contributed by atoms with E-state index in [0.29, 0.717) is 5.82 Å². The Morgan fingerprint density at radius 3 is 3.00 bits per heavy atom. The minimum atomic E-state index is -0.476. The lowest BCUT2D eigenvalue weighted by molar-refractivity contribution is 0.944. The number of hydrogen-bond donors (Lipinski definition) is 1.